The second-order valence-corrected chi connectivity index (χ2v) is 5.85. The molecule has 27 heavy (non-hydrogen) atoms. The molecule has 7 heteroatoms. The average molecular weight is 357 g/mol. The minimum Gasteiger partial charge on any atom is -0.508 e. The molecule has 0 aliphatic carbocycles. The number of hydrogen-bond donors (Lipinski definition) is 2. The minimum atomic E-state index is 0.223. The van der Waals surface area contributed by atoms with Gasteiger partial charge in [-0.2, -0.15) is 4.52 Å². The van der Waals surface area contributed by atoms with E-state index in [1.54, 1.807) is 28.8 Å². The maximum atomic E-state index is 9.38. The number of tetrazole rings is 1. The van der Waals surface area contributed by atoms with Gasteiger partial charge in [0.2, 0.25) is 0 Å². The fourth-order valence-corrected chi connectivity index (χ4v) is 2.52. The smallest absolute Gasteiger partial charge is 0.274 e. The van der Waals surface area contributed by atoms with Crippen LogP contribution in [-0.2, 0) is 0 Å². The van der Waals surface area contributed by atoms with E-state index >= 15 is 0 Å². The molecule has 0 bridgehead atoms. The SMILES string of the molecule is Oc1ccc(/C=C/c2cc(/C=C/c3ccc(O)cc3)n3nnnc3n2)cc1. The zero-order chi connectivity index (χ0) is 18.6. The summed E-state index contributed by atoms with van der Waals surface area (Å²) in [5.74, 6) is 0.844. The molecule has 0 fully saturated rings. The Balaban J connectivity index is 1.67. The molecule has 4 rings (SSSR count). The molecule has 4 aromatic rings. The summed E-state index contributed by atoms with van der Waals surface area (Å²) >= 11 is 0. The van der Waals surface area contributed by atoms with Gasteiger partial charge >= 0.3 is 0 Å². The Hall–Kier alpha value is -4.00. The van der Waals surface area contributed by atoms with Crippen LogP contribution in [-0.4, -0.2) is 35.2 Å². The highest BCUT2D eigenvalue weighted by Gasteiger charge is 2.05. The normalized spacial score (nSPS) is 11.7. The molecule has 0 aliphatic rings. The lowest BCUT2D eigenvalue weighted by Crippen LogP contribution is -1.98. The summed E-state index contributed by atoms with van der Waals surface area (Å²) < 4.78 is 1.55. The highest BCUT2D eigenvalue weighted by Crippen LogP contribution is 2.16. The van der Waals surface area contributed by atoms with Gasteiger partial charge in [0, 0.05) is 0 Å². The number of nitrogens with zero attached hydrogens (tertiary/aromatic N) is 5. The molecule has 132 valence electrons. The van der Waals surface area contributed by atoms with Crippen molar-refractivity contribution in [2.75, 3.05) is 0 Å². The van der Waals surface area contributed by atoms with Crippen molar-refractivity contribution in [1.82, 2.24) is 25.0 Å². The molecule has 0 atom stereocenters. The Labute approximate surface area is 154 Å². The summed E-state index contributed by atoms with van der Waals surface area (Å²) in [5, 5.41) is 30.3. The van der Waals surface area contributed by atoms with Gasteiger partial charge in [-0.3, -0.25) is 0 Å². The van der Waals surface area contributed by atoms with Crippen molar-refractivity contribution in [2.45, 2.75) is 0 Å². The number of rotatable bonds is 4. The summed E-state index contributed by atoms with van der Waals surface area (Å²) in [4.78, 5) is 4.42. The number of benzene rings is 2. The molecule has 2 N–H and O–H groups in total. The van der Waals surface area contributed by atoms with Crippen LogP contribution in [0.2, 0.25) is 0 Å². The van der Waals surface area contributed by atoms with E-state index in [9.17, 15) is 10.2 Å². The lowest BCUT2D eigenvalue weighted by molar-refractivity contribution is 0.474. The third kappa shape index (κ3) is 3.82. The maximum Gasteiger partial charge on any atom is 0.274 e. The number of fused-ring (bicyclic) bond motifs is 1. The van der Waals surface area contributed by atoms with E-state index in [4.69, 9.17) is 0 Å². The topological polar surface area (TPSA) is 96.4 Å². The van der Waals surface area contributed by atoms with Gasteiger partial charge in [-0.05, 0) is 64.0 Å². The molecule has 0 unspecified atom stereocenters. The zero-order valence-electron chi connectivity index (χ0n) is 14.1. The lowest BCUT2D eigenvalue weighted by atomic mass is 10.1. The Morgan fingerprint density at radius 1 is 0.741 bits per heavy atom. The highest BCUT2D eigenvalue weighted by molar-refractivity contribution is 5.73. The number of phenolic OH excluding ortho intramolecular Hbond substituents is 2. The van der Waals surface area contributed by atoms with E-state index in [1.165, 1.54) is 0 Å². The molecule has 7 nitrogen and oxygen atoms in total. The summed E-state index contributed by atoms with van der Waals surface area (Å²) in [6.45, 7) is 0. The number of phenols is 2. The van der Waals surface area contributed by atoms with Crippen molar-refractivity contribution < 1.29 is 10.2 Å². The quantitative estimate of drug-likeness (QED) is 0.582. The molecule has 0 spiro atoms. The molecule has 0 saturated carbocycles. The van der Waals surface area contributed by atoms with Crippen molar-refractivity contribution in [3.8, 4) is 11.5 Å². The Kier molecular flexibility index (Phi) is 4.32. The van der Waals surface area contributed by atoms with Crippen molar-refractivity contribution in [2.24, 2.45) is 0 Å². The molecular formula is C20H15N5O2. The summed E-state index contributed by atoms with van der Waals surface area (Å²) in [6, 6.07) is 15.6. The molecule has 0 radical (unpaired) electrons. The Morgan fingerprint density at radius 2 is 1.33 bits per heavy atom. The van der Waals surface area contributed by atoms with Crippen LogP contribution in [0.4, 0.5) is 0 Å². The zero-order valence-corrected chi connectivity index (χ0v) is 14.1. The molecule has 0 aliphatic heterocycles. The van der Waals surface area contributed by atoms with Crippen LogP contribution in [0.25, 0.3) is 30.1 Å². The van der Waals surface area contributed by atoms with Gasteiger partial charge in [0.25, 0.3) is 5.78 Å². The molecule has 2 aromatic heterocycles. The van der Waals surface area contributed by atoms with Crippen molar-refractivity contribution in [3.63, 3.8) is 0 Å². The Morgan fingerprint density at radius 3 is 1.96 bits per heavy atom. The standard InChI is InChI=1S/C20H15N5O2/c26-18-9-3-14(4-10-18)1-7-16-13-17(25-20(21-16)22-23-24-25)8-2-15-5-11-19(27)12-6-15/h1-13,26-27H/b7-1+,8-2+. The predicted octanol–water partition coefficient (Wildman–Crippen LogP) is 3.27. The van der Waals surface area contributed by atoms with Crippen molar-refractivity contribution >= 4 is 30.1 Å². The van der Waals surface area contributed by atoms with Gasteiger partial charge in [0.15, 0.2) is 0 Å². The van der Waals surface area contributed by atoms with Gasteiger partial charge in [0.05, 0.1) is 11.4 Å². The first-order valence-electron chi connectivity index (χ1n) is 8.21. The third-order valence-corrected chi connectivity index (χ3v) is 3.90. The van der Waals surface area contributed by atoms with E-state index in [1.807, 2.05) is 54.6 Å². The van der Waals surface area contributed by atoms with Crippen molar-refractivity contribution in [1.29, 1.82) is 0 Å². The second kappa shape index (κ2) is 7.09. The van der Waals surface area contributed by atoms with Crippen LogP contribution >= 0.6 is 0 Å². The van der Waals surface area contributed by atoms with Gasteiger partial charge in [-0.1, -0.05) is 41.5 Å². The maximum absolute atomic E-state index is 9.38. The predicted molar refractivity (Wildman–Crippen MR) is 103 cm³/mol. The van der Waals surface area contributed by atoms with E-state index in [-0.39, 0.29) is 11.5 Å². The molecule has 2 aromatic carbocycles. The molecule has 0 amide bonds. The first kappa shape index (κ1) is 16.5. The summed E-state index contributed by atoms with van der Waals surface area (Å²) in [7, 11) is 0. The summed E-state index contributed by atoms with van der Waals surface area (Å²) in [6.07, 6.45) is 7.55. The van der Waals surface area contributed by atoms with Crippen LogP contribution in [0.5, 0.6) is 11.5 Å². The molecular weight excluding hydrogens is 342 g/mol. The largest absolute Gasteiger partial charge is 0.508 e. The lowest BCUT2D eigenvalue weighted by Gasteiger charge is -2.01. The van der Waals surface area contributed by atoms with Crippen LogP contribution in [0.1, 0.15) is 22.5 Å². The second-order valence-electron chi connectivity index (χ2n) is 5.85. The van der Waals surface area contributed by atoms with Gasteiger partial charge < -0.3 is 10.2 Å². The van der Waals surface area contributed by atoms with E-state index < -0.39 is 0 Å². The van der Waals surface area contributed by atoms with Crippen molar-refractivity contribution in [3.05, 3.63) is 77.1 Å². The monoisotopic (exact) mass is 357 g/mol. The van der Waals surface area contributed by atoms with Crippen LogP contribution in [0.3, 0.4) is 0 Å². The summed E-state index contributed by atoms with van der Waals surface area (Å²) in [5.41, 5.74) is 3.35. The third-order valence-electron chi connectivity index (χ3n) is 3.90. The fourth-order valence-electron chi connectivity index (χ4n) is 2.52. The average Bonchev–Trinajstić information content (AvgIpc) is 3.16. The number of aromatic nitrogens is 5. The van der Waals surface area contributed by atoms with Crippen LogP contribution < -0.4 is 0 Å². The number of hydrogen-bond acceptors (Lipinski definition) is 6. The van der Waals surface area contributed by atoms with E-state index in [0.717, 1.165) is 16.8 Å². The minimum absolute atomic E-state index is 0.223. The fraction of sp³-hybridized carbons (Fsp3) is 0. The van der Waals surface area contributed by atoms with Crippen LogP contribution in [0, 0.1) is 0 Å². The van der Waals surface area contributed by atoms with E-state index in [0.29, 0.717) is 11.5 Å². The molecule has 2 heterocycles. The van der Waals surface area contributed by atoms with Crippen LogP contribution in [0.15, 0.2) is 54.6 Å². The highest BCUT2D eigenvalue weighted by atomic mass is 16.3. The van der Waals surface area contributed by atoms with Gasteiger partial charge in [0.1, 0.15) is 11.5 Å². The molecule has 0 saturated heterocycles. The van der Waals surface area contributed by atoms with Gasteiger partial charge in [-0.25, -0.2) is 4.98 Å². The van der Waals surface area contributed by atoms with Gasteiger partial charge in [-0.15, -0.1) is 0 Å². The first-order valence-corrected chi connectivity index (χ1v) is 8.21. The first-order chi connectivity index (χ1) is 13.2. The number of aromatic hydroxyl groups is 2. The Bertz CT molecular complexity index is 1130. The van der Waals surface area contributed by atoms with E-state index in [2.05, 4.69) is 20.5 Å².